The lowest BCUT2D eigenvalue weighted by Gasteiger charge is -2.33. The highest BCUT2D eigenvalue weighted by Gasteiger charge is 2.29. The fourth-order valence-electron chi connectivity index (χ4n) is 2.18. The number of hydrogen-bond donors (Lipinski definition) is 1. The third kappa shape index (κ3) is 3.96. The molecule has 0 saturated carbocycles. The molecule has 3 nitrogen and oxygen atoms in total. The quantitative estimate of drug-likeness (QED) is 0.898. The van der Waals surface area contributed by atoms with E-state index in [9.17, 15) is 0 Å². The molecule has 0 saturated heterocycles. The predicted octanol–water partition coefficient (Wildman–Crippen LogP) is 3.12. The number of aliphatic imine (C=N–C) groups is 1. The summed E-state index contributed by atoms with van der Waals surface area (Å²) in [6.45, 7) is 6.44. The average Bonchev–Trinajstić information content (AvgIpc) is 2.49. The smallest absolute Gasteiger partial charge is 0.156 e. The van der Waals surface area contributed by atoms with Gasteiger partial charge in [0.15, 0.2) is 5.17 Å². The van der Waals surface area contributed by atoms with E-state index in [-0.39, 0.29) is 0 Å². The maximum atomic E-state index is 4.70. The lowest BCUT2D eigenvalue weighted by Crippen LogP contribution is -2.35. The van der Waals surface area contributed by atoms with Crippen molar-refractivity contribution in [1.29, 1.82) is 0 Å². The molecule has 0 fully saturated rings. The SMILES string of the molecule is CCC1(CC)CN=C(NCCc2ccccn2)SC1. The summed E-state index contributed by atoms with van der Waals surface area (Å²) in [5.74, 6) is 1.19. The topological polar surface area (TPSA) is 37.3 Å². The van der Waals surface area contributed by atoms with Gasteiger partial charge in [0.25, 0.3) is 0 Å². The highest BCUT2D eigenvalue weighted by atomic mass is 32.2. The van der Waals surface area contributed by atoms with Crippen molar-refractivity contribution in [2.75, 3.05) is 18.8 Å². The summed E-state index contributed by atoms with van der Waals surface area (Å²) in [6.07, 6.45) is 5.24. The number of hydrogen-bond acceptors (Lipinski definition) is 4. The largest absolute Gasteiger partial charge is 0.365 e. The number of pyridine rings is 1. The number of nitrogens with zero attached hydrogens (tertiary/aromatic N) is 2. The van der Waals surface area contributed by atoms with Crippen molar-refractivity contribution in [1.82, 2.24) is 10.3 Å². The highest BCUT2D eigenvalue weighted by Crippen LogP contribution is 2.34. The van der Waals surface area contributed by atoms with Crippen LogP contribution < -0.4 is 5.32 Å². The molecule has 1 N–H and O–H groups in total. The molecule has 1 aromatic heterocycles. The number of rotatable bonds is 5. The van der Waals surface area contributed by atoms with Crippen LogP contribution in [0.3, 0.4) is 0 Å². The summed E-state index contributed by atoms with van der Waals surface area (Å²) in [6, 6.07) is 6.05. The monoisotopic (exact) mass is 277 g/mol. The Kier molecular flexibility index (Phi) is 5.25. The van der Waals surface area contributed by atoms with Crippen LogP contribution in [0.5, 0.6) is 0 Å². The van der Waals surface area contributed by atoms with Gasteiger partial charge in [0, 0.05) is 37.2 Å². The van der Waals surface area contributed by atoms with E-state index in [0.717, 1.165) is 30.4 Å². The lowest BCUT2D eigenvalue weighted by molar-refractivity contribution is 0.318. The first-order valence-corrected chi connectivity index (χ1v) is 8.07. The molecule has 4 heteroatoms. The van der Waals surface area contributed by atoms with Gasteiger partial charge >= 0.3 is 0 Å². The second kappa shape index (κ2) is 6.94. The van der Waals surface area contributed by atoms with E-state index in [1.807, 2.05) is 30.1 Å². The van der Waals surface area contributed by atoms with Gasteiger partial charge in [0.05, 0.1) is 0 Å². The van der Waals surface area contributed by atoms with Gasteiger partial charge in [-0.05, 0) is 30.4 Å². The van der Waals surface area contributed by atoms with E-state index >= 15 is 0 Å². The number of amidine groups is 1. The minimum absolute atomic E-state index is 0.427. The first-order valence-electron chi connectivity index (χ1n) is 7.09. The first kappa shape index (κ1) is 14.4. The van der Waals surface area contributed by atoms with Crippen molar-refractivity contribution in [3.05, 3.63) is 30.1 Å². The maximum absolute atomic E-state index is 4.70. The summed E-state index contributed by atoms with van der Waals surface area (Å²) < 4.78 is 0. The van der Waals surface area contributed by atoms with Gasteiger partial charge in [-0.3, -0.25) is 9.98 Å². The number of thioether (sulfide) groups is 1. The third-order valence-electron chi connectivity index (χ3n) is 3.96. The standard InChI is InChI=1S/C15H23N3S/c1-3-15(4-2)11-18-14(19-12-15)17-10-8-13-7-5-6-9-16-13/h5-7,9H,3-4,8,10-12H2,1-2H3,(H,17,18). The molecule has 1 aliphatic heterocycles. The molecule has 0 aliphatic carbocycles. The summed E-state index contributed by atoms with van der Waals surface area (Å²) in [5, 5.41) is 4.53. The van der Waals surface area contributed by atoms with Crippen LogP contribution in [0.15, 0.2) is 29.4 Å². The van der Waals surface area contributed by atoms with Gasteiger partial charge in [-0.2, -0.15) is 0 Å². The molecule has 2 heterocycles. The van der Waals surface area contributed by atoms with E-state index in [0.29, 0.717) is 5.41 Å². The molecule has 1 aliphatic rings. The van der Waals surface area contributed by atoms with Crippen molar-refractivity contribution >= 4 is 16.9 Å². The fraction of sp³-hybridized carbons (Fsp3) is 0.600. The Morgan fingerprint density at radius 3 is 2.74 bits per heavy atom. The Balaban J connectivity index is 1.77. The van der Waals surface area contributed by atoms with E-state index in [2.05, 4.69) is 30.2 Å². The second-order valence-corrected chi connectivity index (χ2v) is 6.08. The van der Waals surface area contributed by atoms with Gasteiger partial charge in [0.1, 0.15) is 0 Å². The normalized spacial score (nSPS) is 17.9. The summed E-state index contributed by atoms with van der Waals surface area (Å²) in [5.41, 5.74) is 1.56. The molecule has 0 radical (unpaired) electrons. The fourth-order valence-corrected chi connectivity index (χ4v) is 3.48. The summed E-state index contributed by atoms with van der Waals surface area (Å²) in [7, 11) is 0. The summed E-state index contributed by atoms with van der Waals surface area (Å²) in [4.78, 5) is 9.03. The highest BCUT2D eigenvalue weighted by molar-refractivity contribution is 8.13. The molecule has 2 rings (SSSR count). The van der Waals surface area contributed by atoms with Crippen LogP contribution >= 0.6 is 11.8 Å². The van der Waals surface area contributed by atoms with E-state index in [1.165, 1.54) is 18.6 Å². The molecular formula is C15H23N3S. The molecule has 0 bridgehead atoms. The zero-order valence-electron chi connectivity index (χ0n) is 11.9. The van der Waals surface area contributed by atoms with E-state index in [1.54, 1.807) is 0 Å². The number of nitrogens with one attached hydrogen (secondary N) is 1. The molecule has 0 amide bonds. The van der Waals surface area contributed by atoms with Crippen molar-refractivity contribution < 1.29 is 0 Å². The Bertz CT molecular complexity index is 413. The van der Waals surface area contributed by atoms with Crippen molar-refractivity contribution in [3.63, 3.8) is 0 Å². The molecule has 1 aromatic rings. The predicted molar refractivity (Wildman–Crippen MR) is 83.7 cm³/mol. The molecule has 0 spiro atoms. The van der Waals surface area contributed by atoms with Crippen LogP contribution in [0.1, 0.15) is 32.4 Å². The van der Waals surface area contributed by atoms with E-state index in [4.69, 9.17) is 4.99 Å². The average molecular weight is 277 g/mol. The van der Waals surface area contributed by atoms with Crippen LogP contribution in [-0.2, 0) is 6.42 Å². The molecular weight excluding hydrogens is 254 g/mol. The summed E-state index contributed by atoms with van der Waals surface area (Å²) >= 11 is 1.87. The molecule has 0 atom stereocenters. The molecule has 0 unspecified atom stereocenters. The molecule has 0 aromatic carbocycles. The van der Waals surface area contributed by atoms with Gasteiger partial charge in [-0.1, -0.05) is 31.7 Å². The lowest BCUT2D eigenvalue weighted by atomic mass is 9.84. The second-order valence-electron chi connectivity index (χ2n) is 5.12. The Morgan fingerprint density at radius 1 is 1.32 bits per heavy atom. The zero-order chi connectivity index (χ0) is 13.6. The van der Waals surface area contributed by atoms with Crippen LogP contribution in [0.4, 0.5) is 0 Å². The Labute approximate surface area is 120 Å². The zero-order valence-corrected chi connectivity index (χ0v) is 12.7. The van der Waals surface area contributed by atoms with Gasteiger partial charge in [-0.15, -0.1) is 0 Å². The minimum Gasteiger partial charge on any atom is -0.365 e. The van der Waals surface area contributed by atoms with Gasteiger partial charge < -0.3 is 5.32 Å². The Hall–Kier alpha value is -1.03. The van der Waals surface area contributed by atoms with Crippen molar-refractivity contribution in [2.45, 2.75) is 33.1 Å². The third-order valence-corrected chi connectivity index (χ3v) is 5.26. The van der Waals surface area contributed by atoms with Gasteiger partial charge in [-0.25, -0.2) is 0 Å². The van der Waals surface area contributed by atoms with Crippen LogP contribution in [0, 0.1) is 5.41 Å². The minimum atomic E-state index is 0.427. The van der Waals surface area contributed by atoms with Crippen molar-refractivity contribution in [3.8, 4) is 0 Å². The van der Waals surface area contributed by atoms with Crippen LogP contribution in [-0.4, -0.2) is 29.0 Å². The molecule has 19 heavy (non-hydrogen) atoms. The van der Waals surface area contributed by atoms with Crippen LogP contribution in [0.25, 0.3) is 0 Å². The Morgan fingerprint density at radius 2 is 2.16 bits per heavy atom. The van der Waals surface area contributed by atoms with Crippen molar-refractivity contribution in [2.24, 2.45) is 10.4 Å². The van der Waals surface area contributed by atoms with E-state index < -0.39 is 0 Å². The maximum Gasteiger partial charge on any atom is 0.156 e. The van der Waals surface area contributed by atoms with Crippen LogP contribution in [0.2, 0.25) is 0 Å². The van der Waals surface area contributed by atoms with Gasteiger partial charge in [0.2, 0.25) is 0 Å². The first-order chi connectivity index (χ1) is 9.28. The number of aromatic nitrogens is 1. The molecule has 104 valence electrons.